The van der Waals surface area contributed by atoms with Gasteiger partial charge in [-0.15, -0.1) is 0 Å². The molecule has 3 aromatic heterocycles. The van der Waals surface area contributed by atoms with E-state index in [0.29, 0.717) is 32.9 Å². The van der Waals surface area contributed by atoms with Gasteiger partial charge < -0.3 is 4.74 Å². The van der Waals surface area contributed by atoms with Gasteiger partial charge in [0.25, 0.3) is 6.33 Å². The first kappa shape index (κ1) is 24.5. The van der Waals surface area contributed by atoms with E-state index in [1.54, 1.807) is 71.3 Å². The standard InChI is InChI=1S/C74H66N4O/c1-48-39-61(51-19-12-10-13-20-51)71(62(40-48)54-29-35-64-65(42-54)74(8,9)38-37-73(64,6)7)77-47-76(69-43-53(30-36-67(69)77)50-27-31-55(32-28-50)72(3,4)5)56-23-18-24-57(44-56)79-58-33-34-60-59-25-16-17-26-66(59)78(68(60)45-58)70-41-49(2)63(46-75-70)52-21-14-11-15-22-52/h10-36,39-46H,37-38H2,1-9H3/i1D3,2D3,6D3,7D3,8D3,9D3,10D,11D,12D,13D,14D,15D,19D,20D,21D,22D,29D,35D,37D2,38D2,42D. The minimum Gasteiger partial charge on any atom is -0.458 e. The van der Waals surface area contributed by atoms with Crippen LogP contribution >= 0.6 is 0 Å². The number of rotatable bonds is 9. The zero-order chi connectivity index (χ0) is 84.3. The van der Waals surface area contributed by atoms with Crippen molar-refractivity contribution in [2.75, 3.05) is 0 Å². The molecule has 0 fully saturated rings. The third-order valence-electron chi connectivity index (χ3n) is 14.0. The average Bonchev–Trinajstić information content (AvgIpc) is 0.736. The zero-order valence-corrected chi connectivity index (χ0v) is 42.4. The Kier molecular flexibility index (Phi) is 5.88. The van der Waals surface area contributed by atoms with Crippen molar-refractivity contribution in [2.45, 2.75) is 90.9 Å². The average molecular weight is 1060 g/mol. The van der Waals surface area contributed by atoms with Crippen LogP contribution < -0.4 is 9.30 Å². The van der Waals surface area contributed by atoms with Gasteiger partial charge in [-0.1, -0.05) is 205 Å². The summed E-state index contributed by atoms with van der Waals surface area (Å²) in [6, 6.07) is 20.2. The molecular formula is C74H66N4O. The van der Waals surface area contributed by atoms with Crippen LogP contribution in [0.5, 0.6) is 11.5 Å². The molecule has 0 spiro atoms. The van der Waals surface area contributed by atoms with E-state index < -0.39 is 188 Å². The lowest BCUT2D eigenvalue weighted by Gasteiger charge is -2.42. The molecule has 0 aliphatic heterocycles. The van der Waals surface area contributed by atoms with Gasteiger partial charge in [0, 0.05) is 58.8 Å². The number of ether oxygens (including phenoxy) is 1. The fourth-order valence-electron chi connectivity index (χ4n) is 10.1. The molecule has 388 valence electrons. The SMILES string of the molecule is [2H]c1c([2H])c([2H])c(-c2cnc(-n3c4ccccc4c4ccc(Oc5cccc(-n6[c-][n+](-c7c(-c8c([2H])c([2H])c([2H])c([2H])c8[2H])cc(C([2H])([2H])[2H])cc7-c7c([2H])c([2H])c8c(c7[2H])C(C([2H])([2H])[2H])(C([2H])([2H])[2H])C([2H])([2H])C([2H])([2H])C8(C([2H])([2H])[2H])C([2H])([2H])[2H])c7ccc(-c8ccc(C(C)(C)C)cc8)cc76)c5)cc43)cc2C([2H])([2H])[2H])c([2H])c1[2H]. The van der Waals surface area contributed by atoms with Gasteiger partial charge in [-0.05, 0) is 152 Å². The van der Waals surface area contributed by atoms with Crippen LogP contribution in [0, 0.1) is 20.0 Å². The third kappa shape index (κ3) is 8.92. The van der Waals surface area contributed by atoms with E-state index in [9.17, 15) is 12.3 Å². The fraction of sp³-hybridized carbons (Fsp3) is 0.189. The van der Waals surface area contributed by atoms with Crippen LogP contribution in [0.4, 0.5) is 0 Å². The lowest BCUT2D eigenvalue weighted by atomic mass is 9.63. The van der Waals surface area contributed by atoms with Gasteiger partial charge in [-0.25, -0.2) is 4.98 Å². The van der Waals surface area contributed by atoms with Gasteiger partial charge in [-0.3, -0.25) is 13.7 Å². The van der Waals surface area contributed by atoms with Crippen LogP contribution in [-0.2, 0) is 16.2 Å². The minimum atomic E-state index is -4.79. The van der Waals surface area contributed by atoms with Crippen molar-refractivity contribution in [3.05, 3.63) is 246 Å². The Morgan fingerprint density at radius 2 is 1.29 bits per heavy atom. The van der Waals surface area contributed by atoms with E-state index in [2.05, 4.69) is 11.3 Å². The van der Waals surface area contributed by atoms with Gasteiger partial charge in [0.15, 0.2) is 0 Å². The number of benzene rings is 9. The van der Waals surface area contributed by atoms with Crippen LogP contribution in [0.15, 0.2) is 212 Å². The molecule has 0 unspecified atom stereocenters. The van der Waals surface area contributed by atoms with E-state index in [-0.39, 0.29) is 56.1 Å². The molecule has 9 aromatic carbocycles. The fourth-order valence-corrected chi connectivity index (χ4v) is 10.1. The van der Waals surface area contributed by atoms with Crippen molar-refractivity contribution < 1.29 is 57.3 Å². The highest BCUT2D eigenvalue weighted by atomic mass is 16.5. The summed E-state index contributed by atoms with van der Waals surface area (Å²) < 4.78 is 328. The number of aromatic nitrogens is 4. The number of hydrogen-bond donors (Lipinski definition) is 0. The van der Waals surface area contributed by atoms with Crippen molar-refractivity contribution >= 4 is 32.8 Å². The van der Waals surface area contributed by atoms with Crippen LogP contribution in [0.1, 0.15) is 137 Å². The molecule has 13 rings (SSSR count). The van der Waals surface area contributed by atoms with Crippen molar-refractivity contribution in [2.24, 2.45) is 0 Å². The predicted molar refractivity (Wildman–Crippen MR) is 327 cm³/mol. The Morgan fingerprint density at radius 3 is 2.03 bits per heavy atom. The summed E-state index contributed by atoms with van der Waals surface area (Å²) in [5, 5.41) is 1.29. The predicted octanol–water partition coefficient (Wildman–Crippen LogP) is 18.9. The number of pyridine rings is 1. The quantitative estimate of drug-likeness (QED) is 0.107. The molecule has 0 amide bonds. The van der Waals surface area contributed by atoms with E-state index in [1.165, 1.54) is 22.8 Å². The van der Waals surface area contributed by atoms with E-state index >= 15 is 0 Å². The first-order valence-corrected chi connectivity index (χ1v) is 24.9. The zero-order valence-electron chi connectivity index (χ0n) is 77.4. The summed E-state index contributed by atoms with van der Waals surface area (Å²) in [7, 11) is 0. The van der Waals surface area contributed by atoms with Gasteiger partial charge in [0.05, 0.1) is 51.3 Å². The van der Waals surface area contributed by atoms with E-state index in [1.807, 2.05) is 51.1 Å². The lowest BCUT2D eigenvalue weighted by Crippen LogP contribution is -2.34. The number of hydrogen-bond acceptors (Lipinski definition) is 2. The van der Waals surface area contributed by atoms with Gasteiger partial charge >= 0.3 is 0 Å². The Hall–Kier alpha value is -8.80. The molecule has 5 nitrogen and oxygen atoms in total. The maximum absolute atomic E-state index is 10.4. The Labute approximate surface area is 514 Å². The molecule has 5 heteroatoms. The molecule has 3 heterocycles. The molecule has 0 saturated carbocycles. The van der Waals surface area contributed by atoms with Crippen LogP contribution in [0.3, 0.4) is 0 Å². The van der Waals surface area contributed by atoms with Crippen LogP contribution in [0.25, 0.3) is 94.5 Å². The largest absolute Gasteiger partial charge is 0.458 e. The highest BCUT2D eigenvalue weighted by Gasteiger charge is 2.37. The number of nitrogens with zero attached hydrogens (tertiary/aromatic N) is 4. The summed E-state index contributed by atoms with van der Waals surface area (Å²) in [6.07, 6.45) is -5.16. The molecule has 0 saturated heterocycles. The smallest absolute Gasteiger partial charge is 0.269 e. The molecule has 1 aliphatic rings. The molecule has 1 aliphatic carbocycles. The van der Waals surface area contributed by atoms with Crippen LogP contribution in [0.2, 0.25) is 0 Å². The number of aryl methyl sites for hydroxylation is 2. The summed E-state index contributed by atoms with van der Waals surface area (Å²) in [4.78, 5) is 4.67. The first-order valence-electron chi connectivity index (χ1n) is 42.4. The Balaban J connectivity index is 1.12. The number of imidazole rings is 1. The van der Waals surface area contributed by atoms with Gasteiger partial charge in [0.1, 0.15) is 17.3 Å². The molecule has 0 radical (unpaired) electrons. The summed E-state index contributed by atoms with van der Waals surface area (Å²) in [5.41, 5.74) is -16.1. The molecule has 12 aromatic rings. The Morgan fingerprint density at radius 1 is 0.595 bits per heavy atom. The minimum absolute atomic E-state index is 0.0300. The molecule has 79 heavy (non-hydrogen) atoms. The molecule has 0 N–H and O–H groups in total. The Bertz CT molecular complexity index is 5940. The second kappa shape index (κ2) is 19.0. The summed E-state index contributed by atoms with van der Waals surface area (Å²) in [6.45, 7) is -18.3. The molecule has 0 bridgehead atoms. The molecular weight excluding hydrogens is 961 g/mol. The highest BCUT2D eigenvalue weighted by molar-refractivity contribution is 6.09. The highest BCUT2D eigenvalue weighted by Crippen LogP contribution is 2.48. The topological polar surface area (TPSA) is 35.9 Å². The number of para-hydroxylation sites is 1. The van der Waals surface area contributed by atoms with E-state index in [4.69, 9.17) is 40.4 Å². The van der Waals surface area contributed by atoms with Crippen molar-refractivity contribution in [3.8, 4) is 73.2 Å². The van der Waals surface area contributed by atoms with Gasteiger partial charge in [-0.2, -0.15) is 0 Å². The van der Waals surface area contributed by atoms with Crippen molar-refractivity contribution in [1.82, 2.24) is 14.1 Å². The van der Waals surface area contributed by atoms with Crippen molar-refractivity contribution in [1.29, 1.82) is 0 Å². The third-order valence-corrected chi connectivity index (χ3v) is 14.0. The van der Waals surface area contributed by atoms with Crippen LogP contribution in [-0.4, -0.2) is 14.1 Å². The maximum Gasteiger partial charge on any atom is 0.269 e. The normalized spacial score (nSPS) is 22.6. The van der Waals surface area contributed by atoms with Gasteiger partial charge in [0.2, 0.25) is 0 Å². The lowest BCUT2D eigenvalue weighted by molar-refractivity contribution is -0.571. The second-order valence-electron chi connectivity index (χ2n) is 20.2. The monoisotopic (exact) mass is 1060 g/mol. The summed E-state index contributed by atoms with van der Waals surface area (Å²) >= 11 is 0. The molecule has 0 atom stereocenters. The second-order valence-corrected chi connectivity index (χ2v) is 20.2. The van der Waals surface area contributed by atoms with Crippen molar-refractivity contribution in [3.63, 3.8) is 0 Å². The maximum atomic E-state index is 10.4. The number of fused-ring (bicyclic) bond motifs is 5. The first-order chi connectivity index (χ1) is 52.4. The van der Waals surface area contributed by atoms with E-state index in [0.717, 1.165) is 28.5 Å². The summed E-state index contributed by atoms with van der Waals surface area (Å²) in [5.74, 6) is 0.294.